The molecule has 31 heavy (non-hydrogen) atoms. The smallest absolute Gasteiger partial charge is 0.278 e. The molecule has 0 saturated heterocycles. The molecule has 5 rings (SSSR count). The summed E-state index contributed by atoms with van der Waals surface area (Å²) < 4.78 is 3.42. The van der Waals surface area contributed by atoms with Gasteiger partial charge in [0.15, 0.2) is 5.65 Å². The van der Waals surface area contributed by atoms with Crippen LogP contribution in [-0.2, 0) is 12.0 Å². The fourth-order valence-corrected chi connectivity index (χ4v) is 4.35. The highest BCUT2D eigenvalue weighted by molar-refractivity contribution is 5.77. The third-order valence-corrected chi connectivity index (χ3v) is 5.82. The summed E-state index contributed by atoms with van der Waals surface area (Å²) in [5, 5.41) is 14.3. The first-order valence-electron chi connectivity index (χ1n) is 10.5. The topological polar surface area (TPSA) is 105 Å². The van der Waals surface area contributed by atoms with Gasteiger partial charge in [0.1, 0.15) is 11.2 Å². The molecule has 4 heterocycles. The second-order valence-electron chi connectivity index (χ2n) is 8.73. The third kappa shape index (κ3) is 3.21. The van der Waals surface area contributed by atoms with E-state index >= 15 is 0 Å². The van der Waals surface area contributed by atoms with Crippen molar-refractivity contribution in [1.82, 2.24) is 34.8 Å². The Bertz CT molecular complexity index is 1310. The molecule has 1 aliphatic heterocycles. The monoisotopic (exact) mass is 418 g/mol. The summed E-state index contributed by atoms with van der Waals surface area (Å²) in [7, 11) is 0. The van der Waals surface area contributed by atoms with E-state index in [0.29, 0.717) is 22.8 Å². The molecule has 0 aliphatic carbocycles. The molecule has 9 nitrogen and oxygen atoms in total. The van der Waals surface area contributed by atoms with Crippen LogP contribution in [0.4, 0.5) is 11.6 Å². The standard InChI is InChI=1S/C22H26N8O/c1-13(2)29-20(31)16-12-23-21(27-19(16)30(29)18-8-10-25-28-18)26-15-5-6-17-14(11-15)7-9-24-22(17,3)4/h5-6,8,10-13,24H,7,9H2,1-4H3,(H,25,28)(H,23,26,27). The zero-order chi connectivity index (χ0) is 21.8. The van der Waals surface area contributed by atoms with E-state index in [9.17, 15) is 4.79 Å². The zero-order valence-corrected chi connectivity index (χ0v) is 18.1. The number of aromatic nitrogens is 6. The van der Waals surface area contributed by atoms with E-state index < -0.39 is 0 Å². The van der Waals surface area contributed by atoms with Gasteiger partial charge < -0.3 is 10.6 Å². The number of hydrogen-bond donors (Lipinski definition) is 3. The van der Waals surface area contributed by atoms with Gasteiger partial charge >= 0.3 is 0 Å². The number of nitrogens with one attached hydrogen (secondary N) is 3. The van der Waals surface area contributed by atoms with Crippen LogP contribution in [0.3, 0.4) is 0 Å². The van der Waals surface area contributed by atoms with Crippen molar-refractivity contribution in [3.8, 4) is 5.82 Å². The number of hydrogen-bond acceptors (Lipinski definition) is 6. The van der Waals surface area contributed by atoms with Gasteiger partial charge in [-0.3, -0.25) is 9.89 Å². The normalized spacial score (nSPS) is 15.4. The van der Waals surface area contributed by atoms with Gasteiger partial charge in [-0.1, -0.05) is 6.07 Å². The SMILES string of the molecule is CC(C)n1c(=O)c2cnc(Nc3ccc4c(c3)CCNC4(C)C)nc2n1-c1ccn[nH]1. The average molecular weight is 419 g/mol. The molecule has 4 aromatic rings. The Kier molecular flexibility index (Phi) is 4.44. The number of fused-ring (bicyclic) bond motifs is 2. The molecule has 0 saturated carbocycles. The molecule has 9 heteroatoms. The molecule has 0 amide bonds. The fourth-order valence-electron chi connectivity index (χ4n) is 4.35. The quantitative estimate of drug-likeness (QED) is 0.471. The van der Waals surface area contributed by atoms with Crippen molar-refractivity contribution in [3.63, 3.8) is 0 Å². The van der Waals surface area contributed by atoms with Crippen molar-refractivity contribution < 1.29 is 0 Å². The fraction of sp³-hybridized carbons (Fsp3) is 0.364. The number of H-pyrrole nitrogens is 1. The summed E-state index contributed by atoms with van der Waals surface area (Å²) >= 11 is 0. The van der Waals surface area contributed by atoms with Crippen LogP contribution in [0.25, 0.3) is 16.9 Å². The van der Waals surface area contributed by atoms with Crippen molar-refractivity contribution >= 4 is 22.7 Å². The van der Waals surface area contributed by atoms with Gasteiger partial charge in [-0.15, -0.1) is 0 Å². The summed E-state index contributed by atoms with van der Waals surface area (Å²) in [6, 6.07) is 8.11. The van der Waals surface area contributed by atoms with E-state index in [1.54, 1.807) is 21.8 Å². The minimum Gasteiger partial charge on any atom is -0.324 e. The van der Waals surface area contributed by atoms with Crippen LogP contribution in [0.5, 0.6) is 0 Å². The van der Waals surface area contributed by atoms with Crippen molar-refractivity contribution in [2.24, 2.45) is 0 Å². The van der Waals surface area contributed by atoms with E-state index in [2.05, 4.69) is 51.8 Å². The van der Waals surface area contributed by atoms with Crippen molar-refractivity contribution in [2.75, 3.05) is 11.9 Å². The Labute approximate surface area is 179 Å². The van der Waals surface area contributed by atoms with E-state index in [0.717, 1.165) is 18.7 Å². The Hall–Kier alpha value is -3.46. The van der Waals surface area contributed by atoms with Gasteiger partial charge in [-0.2, -0.15) is 10.1 Å². The summed E-state index contributed by atoms with van der Waals surface area (Å²) in [6.45, 7) is 9.27. The van der Waals surface area contributed by atoms with Gasteiger partial charge in [0.05, 0.1) is 6.20 Å². The first-order valence-corrected chi connectivity index (χ1v) is 10.5. The maximum absolute atomic E-state index is 13.0. The number of benzene rings is 1. The summed E-state index contributed by atoms with van der Waals surface area (Å²) in [4.78, 5) is 22.1. The Morgan fingerprint density at radius 1 is 1.23 bits per heavy atom. The molecule has 0 spiro atoms. The largest absolute Gasteiger partial charge is 0.324 e. The molecule has 0 bridgehead atoms. The molecule has 0 unspecified atom stereocenters. The first-order chi connectivity index (χ1) is 14.8. The van der Waals surface area contributed by atoms with Gasteiger partial charge in [-0.05, 0) is 63.9 Å². The van der Waals surface area contributed by atoms with Crippen molar-refractivity contribution in [3.05, 3.63) is 58.1 Å². The van der Waals surface area contributed by atoms with E-state index in [1.807, 2.05) is 26.0 Å². The zero-order valence-electron chi connectivity index (χ0n) is 18.1. The molecule has 0 atom stereocenters. The number of aromatic amines is 1. The Balaban J connectivity index is 1.58. The molecule has 0 radical (unpaired) electrons. The molecular formula is C22H26N8O. The lowest BCUT2D eigenvalue weighted by Gasteiger charge is -2.34. The number of nitrogens with zero attached hydrogens (tertiary/aromatic N) is 5. The van der Waals surface area contributed by atoms with E-state index in [4.69, 9.17) is 4.98 Å². The highest BCUT2D eigenvalue weighted by atomic mass is 16.1. The molecule has 1 aromatic carbocycles. The van der Waals surface area contributed by atoms with Crippen LogP contribution in [0.1, 0.15) is 44.9 Å². The molecule has 3 N–H and O–H groups in total. The first kappa shape index (κ1) is 19.5. The lowest BCUT2D eigenvalue weighted by molar-refractivity contribution is 0.382. The predicted molar refractivity (Wildman–Crippen MR) is 120 cm³/mol. The van der Waals surface area contributed by atoms with Gasteiger partial charge in [0.2, 0.25) is 5.95 Å². The third-order valence-electron chi connectivity index (χ3n) is 5.82. The maximum atomic E-state index is 13.0. The summed E-state index contributed by atoms with van der Waals surface area (Å²) in [5.74, 6) is 1.11. The molecule has 0 fully saturated rings. The molecule has 1 aliphatic rings. The lowest BCUT2D eigenvalue weighted by atomic mass is 9.85. The number of rotatable bonds is 4. The van der Waals surface area contributed by atoms with E-state index in [-0.39, 0.29) is 17.1 Å². The second kappa shape index (κ2) is 7.05. The molecular weight excluding hydrogens is 392 g/mol. The highest BCUT2D eigenvalue weighted by Gasteiger charge is 2.26. The van der Waals surface area contributed by atoms with Crippen LogP contribution in [0, 0.1) is 0 Å². The van der Waals surface area contributed by atoms with Gasteiger partial charge in [0, 0.05) is 29.5 Å². The summed E-state index contributed by atoms with van der Waals surface area (Å²) in [5.41, 5.74) is 3.91. The van der Waals surface area contributed by atoms with Crippen LogP contribution in [-0.4, -0.2) is 36.1 Å². The van der Waals surface area contributed by atoms with Crippen LogP contribution < -0.4 is 16.2 Å². The van der Waals surface area contributed by atoms with Gasteiger partial charge in [-0.25, -0.2) is 14.3 Å². The predicted octanol–water partition coefficient (Wildman–Crippen LogP) is 3.01. The lowest BCUT2D eigenvalue weighted by Crippen LogP contribution is -2.42. The van der Waals surface area contributed by atoms with Crippen LogP contribution >= 0.6 is 0 Å². The Morgan fingerprint density at radius 3 is 2.81 bits per heavy atom. The minimum absolute atomic E-state index is 0.0403. The minimum atomic E-state index is -0.130. The van der Waals surface area contributed by atoms with Gasteiger partial charge in [0.25, 0.3) is 5.56 Å². The Morgan fingerprint density at radius 2 is 2.06 bits per heavy atom. The molecule has 3 aromatic heterocycles. The highest BCUT2D eigenvalue weighted by Crippen LogP contribution is 2.30. The average Bonchev–Trinajstić information content (AvgIpc) is 3.34. The second-order valence-corrected chi connectivity index (χ2v) is 8.73. The van der Waals surface area contributed by atoms with Crippen molar-refractivity contribution in [1.29, 1.82) is 0 Å². The maximum Gasteiger partial charge on any atom is 0.278 e. The summed E-state index contributed by atoms with van der Waals surface area (Å²) in [6.07, 6.45) is 4.22. The number of anilines is 2. The molecule has 160 valence electrons. The van der Waals surface area contributed by atoms with E-state index in [1.165, 1.54) is 11.1 Å². The van der Waals surface area contributed by atoms with Crippen molar-refractivity contribution in [2.45, 2.75) is 45.7 Å². The van der Waals surface area contributed by atoms with Crippen LogP contribution in [0.2, 0.25) is 0 Å². The van der Waals surface area contributed by atoms with Crippen LogP contribution in [0.15, 0.2) is 41.5 Å².